The van der Waals surface area contributed by atoms with Gasteiger partial charge in [0.25, 0.3) is 0 Å². The Kier molecular flexibility index (Phi) is 7.73. The van der Waals surface area contributed by atoms with Gasteiger partial charge in [-0.25, -0.2) is 4.79 Å². The maximum absolute atomic E-state index is 11.5. The van der Waals surface area contributed by atoms with E-state index in [2.05, 4.69) is 33.0 Å². The first-order valence-electron chi connectivity index (χ1n) is 8.54. The Labute approximate surface area is 150 Å². The molecule has 0 aliphatic carbocycles. The summed E-state index contributed by atoms with van der Waals surface area (Å²) in [6.45, 7) is 11.5. The number of carbonyl (C=O) groups excluding carboxylic acids is 1. The predicted molar refractivity (Wildman–Crippen MR) is 99.7 cm³/mol. The first-order chi connectivity index (χ1) is 11.6. The van der Waals surface area contributed by atoms with Crippen LogP contribution in [-0.2, 0) is 18.3 Å². The largest absolute Gasteiger partial charge is 0.444 e. The second kappa shape index (κ2) is 9.29. The number of nitrogens with one attached hydrogen (secondary N) is 3. The Morgan fingerprint density at radius 3 is 2.36 bits per heavy atom. The number of aliphatic imine (C=N–C) groups is 1. The number of guanidine groups is 1. The van der Waals surface area contributed by atoms with E-state index in [1.54, 1.807) is 7.05 Å². The van der Waals surface area contributed by atoms with Crippen molar-refractivity contribution in [3.63, 3.8) is 0 Å². The molecular weight excluding hydrogens is 320 g/mol. The maximum Gasteiger partial charge on any atom is 0.407 e. The van der Waals surface area contributed by atoms with Crippen LogP contribution >= 0.6 is 0 Å². The van der Waals surface area contributed by atoms with Crippen LogP contribution in [-0.4, -0.2) is 47.6 Å². The smallest absolute Gasteiger partial charge is 0.407 e. The lowest BCUT2D eigenvalue weighted by molar-refractivity contribution is 0.0527. The van der Waals surface area contributed by atoms with Crippen LogP contribution in [0.3, 0.4) is 0 Å². The SMILES string of the molecule is CN=C(NCCCNC(=O)OC(C)(C)C)NCc1c(C)nn(C)c1C. The van der Waals surface area contributed by atoms with Crippen molar-refractivity contribution in [2.24, 2.45) is 12.0 Å². The minimum atomic E-state index is -0.475. The number of aryl methyl sites for hydroxylation is 2. The number of hydrogen-bond donors (Lipinski definition) is 3. The number of alkyl carbamates (subject to hydrolysis) is 1. The van der Waals surface area contributed by atoms with Crippen LogP contribution in [0, 0.1) is 13.8 Å². The molecule has 1 heterocycles. The molecule has 0 unspecified atom stereocenters. The van der Waals surface area contributed by atoms with Gasteiger partial charge in [0.1, 0.15) is 5.60 Å². The minimum Gasteiger partial charge on any atom is -0.444 e. The highest BCUT2D eigenvalue weighted by Crippen LogP contribution is 2.11. The third-order valence-corrected chi connectivity index (χ3v) is 3.63. The van der Waals surface area contributed by atoms with Crippen molar-refractivity contribution in [3.05, 3.63) is 17.0 Å². The normalized spacial score (nSPS) is 12.0. The average Bonchev–Trinajstić information content (AvgIpc) is 2.73. The van der Waals surface area contributed by atoms with E-state index in [9.17, 15) is 4.79 Å². The summed E-state index contributed by atoms with van der Waals surface area (Å²) in [6.07, 6.45) is 0.378. The monoisotopic (exact) mass is 352 g/mol. The molecule has 0 aromatic carbocycles. The fourth-order valence-electron chi connectivity index (χ4n) is 2.27. The molecule has 0 aliphatic rings. The first-order valence-corrected chi connectivity index (χ1v) is 8.54. The Hall–Kier alpha value is -2.25. The molecule has 142 valence electrons. The third kappa shape index (κ3) is 7.45. The molecule has 1 aromatic heterocycles. The van der Waals surface area contributed by atoms with Crippen LogP contribution < -0.4 is 16.0 Å². The standard InChI is InChI=1S/C17H32N6O2/c1-12-14(13(2)23(7)22-12)11-21-15(18-6)19-9-8-10-20-16(24)25-17(3,4)5/h8-11H2,1-7H3,(H,20,24)(H2,18,19,21). The highest BCUT2D eigenvalue weighted by atomic mass is 16.6. The number of ether oxygens (including phenoxy) is 1. The summed E-state index contributed by atoms with van der Waals surface area (Å²) in [5, 5.41) is 13.7. The molecule has 25 heavy (non-hydrogen) atoms. The zero-order valence-corrected chi connectivity index (χ0v) is 16.5. The van der Waals surface area contributed by atoms with E-state index < -0.39 is 11.7 Å². The second-order valence-electron chi connectivity index (χ2n) is 6.91. The molecule has 8 heteroatoms. The van der Waals surface area contributed by atoms with Crippen molar-refractivity contribution in [1.82, 2.24) is 25.7 Å². The molecular formula is C17H32N6O2. The fraction of sp³-hybridized carbons (Fsp3) is 0.706. The van der Waals surface area contributed by atoms with Crippen molar-refractivity contribution in [2.45, 2.75) is 53.2 Å². The quantitative estimate of drug-likeness (QED) is 0.411. The summed E-state index contributed by atoms with van der Waals surface area (Å²) in [6, 6.07) is 0. The highest BCUT2D eigenvalue weighted by Gasteiger charge is 2.15. The molecule has 3 N–H and O–H groups in total. The number of rotatable bonds is 6. The Balaban J connectivity index is 2.28. The van der Waals surface area contributed by atoms with Gasteiger partial charge in [0.05, 0.1) is 5.69 Å². The molecule has 8 nitrogen and oxygen atoms in total. The highest BCUT2D eigenvalue weighted by molar-refractivity contribution is 5.79. The molecule has 1 aromatic rings. The number of nitrogens with zero attached hydrogens (tertiary/aromatic N) is 3. The molecule has 0 saturated carbocycles. The van der Waals surface area contributed by atoms with E-state index in [1.807, 2.05) is 39.4 Å². The third-order valence-electron chi connectivity index (χ3n) is 3.63. The number of hydrogen-bond acceptors (Lipinski definition) is 4. The van der Waals surface area contributed by atoms with Gasteiger partial charge in [-0.05, 0) is 41.0 Å². The zero-order valence-electron chi connectivity index (χ0n) is 16.5. The van der Waals surface area contributed by atoms with E-state index in [-0.39, 0.29) is 0 Å². The molecule has 0 radical (unpaired) electrons. The summed E-state index contributed by atoms with van der Waals surface area (Å²) in [5.41, 5.74) is 2.86. The van der Waals surface area contributed by atoms with Crippen molar-refractivity contribution in [3.8, 4) is 0 Å². The van der Waals surface area contributed by atoms with Gasteiger partial charge < -0.3 is 20.7 Å². The van der Waals surface area contributed by atoms with Gasteiger partial charge in [-0.2, -0.15) is 5.10 Å². The molecule has 0 atom stereocenters. The topological polar surface area (TPSA) is 92.6 Å². The molecule has 0 bridgehead atoms. The molecule has 0 spiro atoms. The lowest BCUT2D eigenvalue weighted by Crippen LogP contribution is -2.39. The molecule has 1 rings (SSSR count). The van der Waals surface area contributed by atoms with Gasteiger partial charge >= 0.3 is 6.09 Å². The molecule has 0 fully saturated rings. The van der Waals surface area contributed by atoms with Crippen LogP contribution in [0.2, 0.25) is 0 Å². The zero-order chi connectivity index (χ0) is 19.0. The Bertz CT molecular complexity index is 601. The summed E-state index contributed by atoms with van der Waals surface area (Å²) < 4.78 is 7.06. The van der Waals surface area contributed by atoms with Gasteiger partial charge in [-0.1, -0.05) is 0 Å². The van der Waals surface area contributed by atoms with Crippen molar-refractivity contribution < 1.29 is 9.53 Å². The van der Waals surface area contributed by atoms with Crippen molar-refractivity contribution in [1.29, 1.82) is 0 Å². The van der Waals surface area contributed by atoms with Crippen LogP contribution in [0.25, 0.3) is 0 Å². The number of carbonyl (C=O) groups is 1. The van der Waals surface area contributed by atoms with Crippen molar-refractivity contribution >= 4 is 12.1 Å². The van der Waals surface area contributed by atoms with Gasteiger partial charge in [-0.15, -0.1) is 0 Å². The van der Waals surface area contributed by atoms with Crippen LogP contribution in [0.1, 0.15) is 44.1 Å². The van der Waals surface area contributed by atoms with Gasteiger partial charge in [0.15, 0.2) is 5.96 Å². The van der Waals surface area contributed by atoms with E-state index in [0.29, 0.717) is 19.6 Å². The van der Waals surface area contributed by atoms with E-state index >= 15 is 0 Å². The minimum absolute atomic E-state index is 0.391. The Morgan fingerprint density at radius 1 is 1.20 bits per heavy atom. The van der Waals surface area contributed by atoms with Crippen molar-refractivity contribution in [2.75, 3.05) is 20.1 Å². The van der Waals surface area contributed by atoms with E-state index in [4.69, 9.17) is 4.74 Å². The average molecular weight is 352 g/mol. The molecule has 0 saturated heterocycles. The van der Waals surface area contributed by atoms with Crippen LogP contribution in [0.5, 0.6) is 0 Å². The lowest BCUT2D eigenvalue weighted by atomic mass is 10.2. The van der Waals surface area contributed by atoms with E-state index in [0.717, 1.165) is 23.8 Å². The number of amides is 1. The summed E-state index contributed by atoms with van der Waals surface area (Å²) in [4.78, 5) is 15.7. The summed E-state index contributed by atoms with van der Waals surface area (Å²) in [5.74, 6) is 0.722. The Morgan fingerprint density at radius 2 is 1.84 bits per heavy atom. The fourth-order valence-corrected chi connectivity index (χ4v) is 2.27. The molecule has 1 amide bonds. The number of aromatic nitrogens is 2. The van der Waals surface area contributed by atoms with Gasteiger partial charge in [-0.3, -0.25) is 9.67 Å². The van der Waals surface area contributed by atoms with Crippen LogP contribution in [0.4, 0.5) is 4.79 Å². The van der Waals surface area contributed by atoms with Gasteiger partial charge in [0, 0.05) is 45.0 Å². The van der Waals surface area contributed by atoms with E-state index in [1.165, 1.54) is 5.56 Å². The summed E-state index contributed by atoms with van der Waals surface area (Å²) >= 11 is 0. The lowest BCUT2D eigenvalue weighted by Gasteiger charge is -2.19. The summed E-state index contributed by atoms with van der Waals surface area (Å²) in [7, 11) is 3.67. The van der Waals surface area contributed by atoms with Gasteiger partial charge in [0.2, 0.25) is 0 Å². The first kappa shape index (κ1) is 20.8. The second-order valence-corrected chi connectivity index (χ2v) is 6.91. The predicted octanol–water partition coefficient (Wildman–Crippen LogP) is 1.62. The molecule has 0 aliphatic heterocycles. The van der Waals surface area contributed by atoms with Crippen LogP contribution in [0.15, 0.2) is 4.99 Å². The maximum atomic E-state index is 11.5.